The third-order valence-electron chi connectivity index (χ3n) is 1.60. The van der Waals surface area contributed by atoms with Crippen LogP contribution in [0.25, 0.3) is 0 Å². The molecule has 0 aliphatic carbocycles. The minimum absolute atomic E-state index is 0.0120. The van der Waals surface area contributed by atoms with Gasteiger partial charge in [0.1, 0.15) is 5.82 Å². The van der Waals surface area contributed by atoms with Crippen molar-refractivity contribution >= 4 is 15.9 Å². The highest BCUT2D eigenvalue weighted by Gasteiger charge is 2.16. The standard InChI is InChI=1S/C8H7BrF3N/c9-5-3-6(10)4(1-2-13)7(11)8(5)12/h3H,1-2,13H2. The largest absolute Gasteiger partial charge is 0.330 e. The summed E-state index contributed by atoms with van der Waals surface area (Å²) in [6, 6.07) is 0.892. The molecule has 0 radical (unpaired) electrons. The Morgan fingerprint density at radius 3 is 2.38 bits per heavy atom. The number of halogens is 4. The quantitative estimate of drug-likeness (QED) is 0.636. The predicted octanol–water partition coefficient (Wildman–Crippen LogP) is 2.37. The second-order valence-corrected chi connectivity index (χ2v) is 3.34. The van der Waals surface area contributed by atoms with Crippen molar-refractivity contribution in [3.8, 4) is 0 Å². The SMILES string of the molecule is NCCc1c(F)cc(Br)c(F)c1F. The lowest BCUT2D eigenvalue weighted by Crippen LogP contribution is -2.08. The average molecular weight is 254 g/mol. The van der Waals surface area contributed by atoms with Crippen molar-refractivity contribution in [2.45, 2.75) is 6.42 Å². The zero-order chi connectivity index (χ0) is 10.0. The lowest BCUT2D eigenvalue weighted by molar-refractivity contribution is 0.475. The molecule has 0 atom stereocenters. The van der Waals surface area contributed by atoms with Crippen LogP contribution in [0.1, 0.15) is 5.56 Å². The molecular formula is C8H7BrF3N. The van der Waals surface area contributed by atoms with Gasteiger partial charge in [-0.3, -0.25) is 0 Å². The maximum atomic E-state index is 13.0. The second kappa shape index (κ2) is 4.11. The first-order valence-electron chi connectivity index (χ1n) is 3.60. The molecule has 0 saturated heterocycles. The Morgan fingerprint density at radius 1 is 1.23 bits per heavy atom. The molecule has 1 aromatic carbocycles. The lowest BCUT2D eigenvalue weighted by atomic mass is 10.1. The molecule has 13 heavy (non-hydrogen) atoms. The van der Waals surface area contributed by atoms with E-state index in [1.807, 2.05) is 0 Å². The van der Waals surface area contributed by atoms with Crippen LogP contribution in [0, 0.1) is 17.5 Å². The first kappa shape index (κ1) is 10.5. The van der Waals surface area contributed by atoms with Crippen molar-refractivity contribution < 1.29 is 13.2 Å². The van der Waals surface area contributed by atoms with E-state index >= 15 is 0 Å². The van der Waals surface area contributed by atoms with Gasteiger partial charge in [-0.2, -0.15) is 0 Å². The second-order valence-electron chi connectivity index (χ2n) is 2.49. The molecule has 0 amide bonds. The fourth-order valence-electron chi connectivity index (χ4n) is 0.977. The van der Waals surface area contributed by atoms with Gasteiger partial charge in [0.2, 0.25) is 0 Å². The zero-order valence-corrected chi connectivity index (χ0v) is 8.17. The van der Waals surface area contributed by atoms with E-state index in [0.717, 1.165) is 6.07 Å². The van der Waals surface area contributed by atoms with Gasteiger partial charge in [-0.15, -0.1) is 0 Å². The highest BCUT2D eigenvalue weighted by atomic mass is 79.9. The van der Waals surface area contributed by atoms with Crippen LogP contribution in [0.3, 0.4) is 0 Å². The highest BCUT2D eigenvalue weighted by molar-refractivity contribution is 9.10. The Kier molecular flexibility index (Phi) is 3.33. The normalized spacial score (nSPS) is 10.5. The van der Waals surface area contributed by atoms with Gasteiger partial charge >= 0.3 is 0 Å². The Bertz CT molecular complexity index is 328. The van der Waals surface area contributed by atoms with Crippen LogP contribution >= 0.6 is 15.9 Å². The zero-order valence-electron chi connectivity index (χ0n) is 6.58. The molecule has 0 aliphatic rings. The van der Waals surface area contributed by atoms with Crippen LogP contribution in [0.2, 0.25) is 0 Å². The van der Waals surface area contributed by atoms with Gasteiger partial charge in [0.05, 0.1) is 4.47 Å². The van der Waals surface area contributed by atoms with Crippen molar-refractivity contribution in [2.24, 2.45) is 5.73 Å². The van der Waals surface area contributed by atoms with Crippen LogP contribution in [0.5, 0.6) is 0 Å². The third-order valence-corrected chi connectivity index (χ3v) is 2.18. The number of benzene rings is 1. The molecule has 0 aliphatic heterocycles. The molecule has 1 nitrogen and oxygen atoms in total. The average Bonchev–Trinajstić information content (AvgIpc) is 2.09. The molecule has 1 rings (SSSR count). The number of nitrogens with two attached hydrogens (primary N) is 1. The summed E-state index contributed by atoms with van der Waals surface area (Å²) in [7, 11) is 0. The van der Waals surface area contributed by atoms with Crippen molar-refractivity contribution in [1.29, 1.82) is 0 Å². The molecule has 0 heterocycles. The summed E-state index contributed by atoms with van der Waals surface area (Å²) in [5.41, 5.74) is 4.82. The Morgan fingerprint density at radius 2 is 1.85 bits per heavy atom. The maximum Gasteiger partial charge on any atom is 0.173 e. The van der Waals surface area contributed by atoms with Crippen LogP contribution < -0.4 is 5.73 Å². The molecule has 5 heteroatoms. The molecule has 0 aromatic heterocycles. The van der Waals surface area contributed by atoms with Gasteiger partial charge in [-0.05, 0) is 35.0 Å². The van der Waals surface area contributed by atoms with E-state index < -0.39 is 17.5 Å². The van der Waals surface area contributed by atoms with Gasteiger partial charge in [-0.25, -0.2) is 13.2 Å². The Hall–Kier alpha value is -0.550. The topological polar surface area (TPSA) is 26.0 Å². The number of hydrogen-bond donors (Lipinski definition) is 1. The van der Waals surface area contributed by atoms with Gasteiger partial charge in [-0.1, -0.05) is 0 Å². The van der Waals surface area contributed by atoms with Gasteiger partial charge < -0.3 is 5.73 Å². The lowest BCUT2D eigenvalue weighted by Gasteiger charge is -2.05. The third kappa shape index (κ3) is 2.03. The number of rotatable bonds is 2. The molecule has 72 valence electrons. The molecule has 0 spiro atoms. The molecule has 1 aromatic rings. The van der Waals surface area contributed by atoms with Crippen LogP contribution in [0.4, 0.5) is 13.2 Å². The van der Waals surface area contributed by atoms with Crippen LogP contribution in [-0.2, 0) is 6.42 Å². The van der Waals surface area contributed by atoms with E-state index in [2.05, 4.69) is 15.9 Å². The molecule has 2 N–H and O–H groups in total. The minimum Gasteiger partial charge on any atom is -0.330 e. The van der Waals surface area contributed by atoms with E-state index in [9.17, 15) is 13.2 Å². The summed E-state index contributed by atoms with van der Waals surface area (Å²) >= 11 is 2.70. The van der Waals surface area contributed by atoms with E-state index in [1.165, 1.54) is 0 Å². The highest BCUT2D eigenvalue weighted by Crippen LogP contribution is 2.24. The van der Waals surface area contributed by atoms with E-state index in [-0.39, 0.29) is 23.0 Å². The summed E-state index contributed by atoms with van der Waals surface area (Å²) in [5.74, 6) is -3.03. The maximum absolute atomic E-state index is 13.0. The fraction of sp³-hybridized carbons (Fsp3) is 0.250. The summed E-state index contributed by atoms with van der Waals surface area (Å²) in [6.07, 6.45) is -0.0120. The van der Waals surface area contributed by atoms with Crippen LogP contribution in [-0.4, -0.2) is 6.54 Å². The van der Waals surface area contributed by atoms with Crippen LogP contribution in [0.15, 0.2) is 10.5 Å². The van der Waals surface area contributed by atoms with Crippen molar-refractivity contribution in [3.05, 3.63) is 33.6 Å². The van der Waals surface area contributed by atoms with Gasteiger partial charge in [0.25, 0.3) is 0 Å². The van der Waals surface area contributed by atoms with E-state index in [0.29, 0.717) is 0 Å². The smallest absolute Gasteiger partial charge is 0.173 e. The first-order chi connectivity index (χ1) is 6.07. The minimum atomic E-state index is -1.17. The molecule has 0 unspecified atom stereocenters. The molecule has 0 fully saturated rings. The van der Waals surface area contributed by atoms with Crippen molar-refractivity contribution in [3.63, 3.8) is 0 Å². The van der Waals surface area contributed by atoms with Gasteiger partial charge in [0.15, 0.2) is 11.6 Å². The predicted molar refractivity (Wildman–Crippen MR) is 46.8 cm³/mol. The summed E-state index contributed by atoms with van der Waals surface area (Å²) in [5, 5.41) is 0. The number of hydrogen-bond acceptors (Lipinski definition) is 1. The first-order valence-corrected chi connectivity index (χ1v) is 4.39. The molecule has 0 bridgehead atoms. The summed E-state index contributed by atoms with van der Waals surface area (Å²) in [4.78, 5) is 0. The van der Waals surface area contributed by atoms with Crippen molar-refractivity contribution in [1.82, 2.24) is 0 Å². The Labute approximate surface area is 81.9 Å². The van der Waals surface area contributed by atoms with Crippen molar-refractivity contribution in [2.75, 3.05) is 6.54 Å². The Balaban J connectivity index is 3.26. The van der Waals surface area contributed by atoms with E-state index in [1.54, 1.807) is 0 Å². The van der Waals surface area contributed by atoms with E-state index in [4.69, 9.17) is 5.73 Å². The summed E-state index contributed by atoms with van der Waals surface area (Å²) < 4.78 is 38.6. The molecular weight excluding hydrogens is 247 g/mol. The van der Waals surface area contributed by atoms with Gasteiger partial charge in [0, 0.05) is 5.56 Å². The summed E-state index contributed by atoms with van der Waals surface area (Å²) in [6.45, 7) is 0.0783. The monoisotopic (exact) mass is 253 g/mol. The fourth-order valence-corrected chi connectivity index (χ4v) is 1.35. The molecule has 0 saturated carbocycles.